The van der Waals surface area contributed by atoms with Gasteiger partial charge in [-0.3, -0.25) is 4.79 Å². The highest BCUT2D eigenvalue weighted by Crippen LogP contribution is 2.20. The van der Waals surface area contributed by atoms with Crippen LogP contribution in [-0.4, -0.2) is 34.5 Å². The number of nitriles is 1. The number of carboxylic acid groups (broad SMARTS) is 1. The maximum Gasteiger partial charge on any atom is 0.326 e. The molecule has 5 heteroatoms. The summed E-state index contributed by atoms with van der Waals surface area (Å²) in [5.74, 6) is -1.27. The highest BCUT2D eigenvalue weighted by atomic mass is 16.4. The molecule has 0 saturated heterocycles. The molecule has 0 heterocycles. The van der Waals surface area contributed by atoms with Crippen LogP contribution >= 0.6 is 0 Å². The van der Waals surface area contributed by atoms with Gasteiger partial charge in [-0.15, -0.1) is 0 Å². The Morgan fingerprint density at radius 3 is 2.29 bits per heavy atom. The van der Waals surface area contributed by atoms with Gasteiger partial charge in [0, 0.05) is 13.0 Å². The van der Waals surface area contributed by atoms with E-state index in [2.05, 4.69) is 0 Å². The molecule has 0 aromatic heterocycles. The summed E-state index contributed by atoms with van der Waals surface area (Å²) < 4.78 is 0. The molecule has 0 aliphatic heterocycles. The summed E-state index contributed by atoms with van der Waals surface area (Å²) in [6.07, 6.45) is 0.420. The van der Waals surface area contributed by atoms with Gasteiger partial charge in [0.25, 0.3) is 0 Å². The van der Waals surface area contributed by atoms with Crippen molar-refractivity contribution in [2.75, 3.05) is 6.54 Å². The van der Waals surface area contributed by atoms with Gasteiger partial charge < -0.3 is 10.0 Å². The lowest BCUT2D eigenvalue weighted by molar-refractivity contribution is -0.150. The first-order valence-electron chi connectivity index (χ1n) is 5.58. The fourth-order valence-corrected chi connectivity index (χ4v) is 1.39. The fourth-order valence-electron chi connectivity index (χ4n) is 1.39. The van der Waals surface area contributed by atoms with E-state index >= 15 is 0 Å². The van der Waals surface area contributed by atoms with E-state index in [0.29, 0.717) is 0 Å². The summed E-state index contributed by atoms with van der Waals surface area (Å²) in [7, 11) is 0. The molecule has 0 spiro atoms. The van der Waals surface area contributed by atoms with Crippen LogP contribution in [0.15, 0.2) is 0 Å². The Bertz CT molecular complexity index is 326. The molecule has 0 rings (SSSR count). The average molecular weight is 240 g/mol. The number of carbonyl (C=O) groups excluding carboxylic acids is 1. The van der Waals surface area contributed by atoms with Crippen LogP contribution < -0.4 is 0 Å². The van der Waals surface area contributed by atoms with E-state index in [0.717, 1.165) is 0 Å². The minimum absolute atomic E-state index is 0.146. The second-order valence-electron chi connectivity index (χ2n) is 5.25. The van der Waals surface area contributed by atoms with Crippen molar-refractivity contribution in [3.63, 3.8) is 0 Å². The number of nitrogens with zero attached hydrogens (tertiary/aromatic N) is 2. The van der Waals surface area contributed by atoms with Crippen molar-refractivity contribution in [3.8, 4) is 6.07 Å². The summed E-state index contributed by atoms with van der Waals surface area (Å²) >= 11 is 0. The van der Waals surface area contributed by atoms with Gasteiger partial charge in [-0.1, -0.05) is 20.8 Å². The van der Waals surface area contributed by atoms with E-state index in [1.807, 2.05) is 26.8 Å². The van der Waals surface area contributed by atoms with Gasteiger partial charge in [-0.25, -0.2) is 4.79 Å². The maximum atomic E-state index is 12.0. The van der Waals surface area contributed by atoms with Gasteiger partial charge in [0.2, 0.25) is 5.91 Å². The van der Waals surface area contributed by atoms with Crippen LogP contribution in [0.5, 0.6) is 0 Å². The molecule has 5 nitrogen and oxygen atoms in total. The summed E-state index contributed by atoms with van der Waals surface area (Å²) in [4.78, 5) is 24.1. The molecular formula is C12H20N2O3. The lowest BCUT2D eigenvalue weighted by atomic mass is 9.91. The molecule has 1 unspecified atom stereocenters. The molecule has 1 amide bonds. The molecule has 96 valence electrons. The Balaban J connectivity index is 4.74. The molecule has 0 radical (unpaired) electrons. The van der Waals surface area contributed by atoms with Crippen LogP contribution in [0, 0.1) is 16.7 Å². The van der Waals surface area contributed by atoms with Crippen molar-refractivity contribution < 1.29 is 14.7 Å². The number of hydrogen-bond donors (Lipinski definition) is 1. The van der Waals surface area contributed by atoms with E-state index in [9.17, 15) is 9.59 Å². The van der Waals surface area contributed by atoms with Crippen molar-refractivity contribution in [1.82, 2.24) is 4.90 Å². The Kier molecular flexibility index (Phi) is 5.66. The van der Waals surface area contributed by atoms with Crippen LogP contribution in [0.3, 0.4) is 0 Å². The lowest BCUT2D eigenvalue weighted by Gasteiger charge is -2.29. The molecule has 0 aromatic carbocycles. The number of carbonyl (C=O) groups is 2. The van der Waals surface area contributed by atoms with Crippen molar-refractivity contribution in [3.05, 3.63) is 0 Å². The average Bonchev–Trinajstić information content (AvgIpc) is 2.15. The highest BCUT2D eigenvalue weighted by molar-refractivity contribution is 5.83. The largest absolute Gasteiger partial charge is 0.480 e. The third kappa shape index (κ3) is 5.91. The Labute approximate surface area is 102 Å². The van der Waals surface area contributed by atoms with Crippen molar-refractivity contribution in [2.24, 2.45) is 5.41 Å². The molecule has 17 heavy (non-hydrogen) atoms. The molecule has 0 fully saturated rings. The molecule has 0 aromatic rings. The highest BCUT2D eigenvalue weighted by Gasteiger charge is 2.27. The summed E-state index contributed by atoms with van der Waals surface area (Å²) in [5.41, 5.74) is -0.194. The standard InChI is InChI=1S/C12H20N2O3/c1-9(11(16)17)14(7-5-6-13)10(15)8-12(2,3)4/h9H,5,7-8H2,1-4H3,(H,16,17). The van der Waals surface area contributed by atoms with Crippen LogP contribution in [-0.2, 0) is 9.59 Å². The van der Waals surface area contributed by atoms with Crippen molar-refractivity contribution in [2.45, 2.75) is 46.6 Å². The zero-order valence-corrected chi connectivity index (χ0v) is 10.9. The van der Waals surface area contributed by atoms with E-state index in [1.54, 1.807) is 0 Å². The van der Waals surface area contributed by atoms with Gasteiger partial charge >= 0.3 is 5.97 Å². The summed E-state index contributed by atoms with van der Waals surface area (Å²) in [6, 6.07) is 1.03. The van der Waals surface area contributed by atoms with Crippen LogP contribution in [0.2, 0.25) is 0 Å². The summed E-state index contributed by atoms with van der Waals surface area (Å²) in [5, 5.41) is 17.4. The van der Waals surface area contributed by atoms with Crippen LogP contribution in [0.1, 0.15) is 40.5 Å². The molecule has 0 aliphatic rings. The van der Waals surface area contributed by atoms with Gasteiger partial charge in [0.05, 0.1) is 12.5 Å². The zero-order chi connectivity index (χ0) is 13.6. The van der Waals surface area contributed by atoms with E-state index in [-0.39, 0.29) is 30.7 Å². The monoisotopic (exact) mass is 240 g/mol. The van der Waals surface area contributed by atoms with Gasteiger partial charge in [-0.05, 0) is 12.3 Å². The Morgan fingerprint density at radius 2 is 1.94 bits per heavy atom. The number of amides is 1. The normalized spacial score (nSPS) is 12.6. The SMILES string of the molecule is CC(C(=O)O)N(CCC#N)C(=O)CC(C)(C)C. The van der Waals surface area contributed by atoms with Crippen molar-refractivity contribution >= 4 is 11.9 Å². The van der Waals surface area contributed by atoms with Gasteiger partial charge in [-0.2, -0.15) is 5.26 Å². The second kappa shape index (κ2) is 6.24. The third-order valence-corrected chi connectivity index (χ3v) is 2.29. The second-order valence-corrected chi connectivity index (χ2v) is 5.25. The first-order chi connectivity index (χ1) is 7.69. The van der Waals surface area contributed by atoms with Crippen molar-refractivity contribution in [1.29, 1.82) is 5.26 Å². The molecule has 1 N–H and O–H groups in total. The van der Waals surface area contributed by atoms with Gasteiger partial charge in [0.15, 0.2) is 0 Å². The third-order valence-electron chi connectivity index (χ3n) is 2.29. The smallest absolute Gasteiger partial charge is 0.326 e. The number of rotatable bonds is 5. The first-order valence-corrected chi connectivity index (χ1v) is 5.58. The molecular weight excluding hydrogens is 220 g/mol. The molecule has 0 saturated carbocycles. The quantitative estimate of drug-likeness (QED) is 0.792. The Morgan fingerprint density at radius 1 is 1.41 bits per heavy atom. The minimum Gasteiger partial charge on any atom is -0.480 e. The van der Waals surface area contributed by atoms with Crippen LogP contribution in [0.4, 0.5) is 0 Å². The molecule has 0 aliphatic carbocycles. The number of carboxylic acids is 1. The number of aliphatic carboxylic acids is 1. The first kappa shape index (κ1) is 15.4. The van der Waals surface area contributed by atoms with Gasteiger partial charge in [0.1, 0.15) is 6.04 Å². The summed E-state index contributed by atoms with van der Waals surface area (Å²) in [6.45, 7) is 7.37. The predicted molar refractivity (Wildman–Crippen MR) is 63.1 cm³/mol. The molecule has 0 bridgehead atoms. The van der Waals surface area contributed by atoms with Crippen LogP contribution in [0.25, 0.3) is 0 Å². The maximum absolute atomic E-state index is 12.0. The predicted octanol–water partition coefficient (Wildman–Crippen LogP) is 1.64. The lowest BCUT2D eigenvalue weighted by Crippen LogP contribution is -2.44. The topological polar surface area (TPSA) is 81.4 Å². The van der Waals surface area contributed by atoms with E-state index < -0.39 is 12.0 Å². The fraction of sp³-hybridized carbons (Fsp3) is 0.750. The minimum atomic E-state index is -1.05. The molecule has 1 atom stereocenters. The Hall–Kier alpha value is -1.57. The zero-order valence-electron chi connectivity index (χ0n) is 10.9. The number of hydrogen-bond acceptors (Lipinski definition) is 3. The van der Waals surface area contributed by atoms with E-state index in [1.165, 1.54) is 11.8 Å². The van der Waals surface area contributed by atoms with E-state index in [4.69, 9.17) is 10.4 Å².